The van der Waals surface area contributed by atoms with Crippen molar-refractivity contribution in [3.63, 3.8) is 0 Å². The van der Waals surface area contributed by atoms with Crippen molar-refractivity contribution in [2.24, 2.45) is 5.10 Å². The van der Waals surface area contributed by atoms with Crippen molar-refractivity contribution < 1.29 is 4.79 Å². The maximum Gasteiger partial charge on any atom is 0.277 e. The number of rotatable bonds is 0. The van der Waals surface area contributed by atoms with Gasteiger partial charge in [-0.05, 0) is 18.2 Å². The number of hydrazone groups is 1. The Balaban J connectivity index is 1.93. The van der Waals surface area contributed by atoms with Crippen LogP contribution in [-0.4, -0.2) is 27.6 Å². The van der Waals surface area contributed by atoms with Gasteiger partial charge < -0.3 is 5.73 Å². The van der Waals surface area contributed by atoms with Crippen molar-refractivity contribution in [1.82, 2.24) is 15.6 Å². The van der Waals surface area contributed by atoms with Gasteiger partial charge in [-0.2, -0.15) is 10.2 Å². The highest BCUT2D eigenvalue weighted by Crippen LogP contribution is 2.40. The number of halogens is 1. The average Bonchev–Trinajstić information content (AvgIpc) is 2.78. The number of aromatic amines is 1. The van der Waals surface area contributed by atoms with Gasteiger partial charge >= 0.3 is 0 Å². The van der Waals surface area contributed by atoms with E-state index >= 15 is 0 Å². The van der Waals surface area contributed by atoms with Gasteiger partial charge in [0.05, 0.1) is 17.3 Å². The van der Waals surface area contributed by atoms with Gasteiger partial charge in [-0.3, -0.25) is 9.89 Å². The molecule has 106 valence electrons. The fourth-order valence-corrected chi connectivity index (χ4v) is 3.98. The summed E-state index contributed by atoms with van der Waals surface area (Å²) in [6.07, 6.45) is 0. The summed E-state index contributed by atoms with van der Waals surface area (Å²) in [5.41, 5.74) is 11.1. The minimum Gasteiger partial charge on any atom is -0.382 e. The maximum atomic E-state index is 12.1. The average molecular weight is 320 g/mol. The molecule has 0 saturated carbocycles. The van der Waals surface area contributed by atoms with E-state index in [0.29, 0.717) is 16.3 Å². The Hall–Kier alpha value is -1.99. The number of nitrogens with two attached hydrogens (primary N) is 1. The molecular weight excluding hydrogens is 310 g/mol. The molecule has 0 spiro atoms. The van der Waals surface area contributed by atoms with Crippen molar-refractivity contribution in [3.05, 3.63) is 40.0 Å². The minimum atomic E-state index is -0.341. The number of thioether (sulfide) groups is 1. The molecule has 0 aliphatic carbocycles. The van der Waals surface area contributed by atoms with Crippen LogP contribution in [0, 0.1) is 0 Å². The number of carbonyl (C=O) groups excluding carboxylic acids is 1. The van der Waals surface area contributed by atoms with Crippen LogP contribution >= 0.6 is 23.4 Å². The normalized spacial score (nSPS) is 19.8. The van der Waals surface area contributed by atoms with Gasteiger partial charge in [-0.1, -0.05) is 11.6 Å². The van der Waals surface area contributed by atoms with Crippen LogP contribution in [0.15, 0.2) is 28.2 Å². The predicted octanol–water partition coefficient (Wildman–Crippen LogP) is 1.98. The number of nitrogens with zero attached hydrogens (tertiary/aromatic N) is 2. The number of fused-ring (bicyclic) bond motifs is 5. The lowest BCUT2D eigenvalue weighted by atomic mass is 9.92. The standard InChI is InChI=1S/C13H10ClN5OS/c14-5-1-2-8-6(3-5)10-7(4-21-8)11-9(12(15)18-17-11)13(20)19-16-10/h1-3,7H,4H2,(H,19,20)(H3,15,17,18). The highest BCUT2D eigenvalue weighted by molar-refractivity contribution is 7.99. The number of nitrogens with one attached hydrogen (secondary N) is 2. The van der Waals surface area contributed by atoms with Gasteiger partial charge in [0.1, 0.15) is 5.56 Å². The van der Waals surface area contributed by atoms with Crippen molar-refractivity contribution in [3.8, 4) is 0 Å². The van der Waals surface area contributed by atoms with Gasteiger partial charge in [0.25, 0.3) is 5.91 Å². The van der Waals surface area contributed by atoms with Crippen LogP contribution in [-0.2, 0) is 0 Å². The van der Waals surface area contributed by atoms with Crippen molar-refractivity contribution in [1.29, 1.82) is 0 Å². The van der Waals surface area contributed by atoms with Gasteiger partial charge in [0.15, 0.2) is 5.82 Å². The van der Waals surface area contributed by atoms with E-state index in [1.165, 1.54) is 0 Å². The first-order valence-electron chi connectivity index (χ1n) is 6.29. The van der Waals surface area contributed by atoms with Crippen molar-refractivity contribution in [2.45, 2.75) is 10.8 Å². The second-order valence-corrected chi connectivity index (χ2v) is 6.34. The second-order valence-electron chi connectivity index (χ2n) is 4.84. The van der Waals surface area contributed by atoms with Crippen LogP contribution < -0.4 is 11.2 Å². The molecule has 0 radical (unpaired) electrons. The first-order chi connectivity index (χ1) is 10.1. The maximum absolute atomic E-state index is 12.1. The summed E-state index contributed by atoms with van der Waals surface area (Å²) in [7, 11) is 0. The largest absolute Gasteiger partial charge is 0.382 e. The van der Waals surface area contributed by atoms with E-state index in [-0.39, 0.29) is 17.6 Å². The molecule has 3 heterocycles. The molecule has 1 aromatic carbocycles. The van der Waals surface area contributed by atoms with Crippen LogP contribution in [0.3, 0.4) is 0 Å². The second kappa shape index (κ2) is 4.51. The molecule has 0 saturated heterocycles. The summed E-state index contributed by atoms with van der Waals surface area (Å²) < 4.78 is 0. The molecule has 1 unspecified atom stereocenters. The monoisotopic (exact) mass is 319 g/mol. The number of amides is 1. The lowest BCUT2D eigenvalue weighted by Crippen LogP contribution is -2.22. The molecule has 6 nitrogen and oxygen atoms in total. The molecule has 0 bridgehead atoms. The van der Waals surface area contributed by atoms with Gasteiger partial charge in [0.2, 0.25) is 0 Å². The Morgan fingerprint density at radius 1 is 1.43 bits per heavy atom. The van der Waals surface area contributed by atoms with Gasteiger partial charge in [-0.15, -0.1) is 11.8 Å². The third-order valence-corrected chi connectivity index (χ3v) is 5.03. The summed E-state index contributed by atoms with van der Waals surface area (Å²) in [4.78, 5) is 13.2. The fourth-order valence-electron chi connectivity index (χ4n) is 2.65. The van der Waals surface area contributed by atoms with Crippen LogP contribution in [0.1, 0.15) is 27.5 Å². The molecule has 0 fully saturated rings. The van der Waals surface area contributed by atoms with E-state index < -0.39 is 0 Å². The molecule has 4 rings (SSSR count). The number of nitrogen functional groups attached to an aromatic ring is 1. The number of benzene rings is 1. The zero-order valence-electron chi connectivity index (χ0n) is 10.7. The third kappa shape index (κ3) is 1.85. The molecule has 8 heteroatoms. The Morgan fingerprint density at radius 3 is 3.14 bits per heavy atom. The lowest BCUT2D eigenvalue weighted by Gasteiger charge is -2.24. The van der Waals surface area contributed by atoms with E-state index in [0.717, 1.165) is 21.9 Å². The summed E-state index contributed by atoms with van der Waals surface area (Å²) in [6, 6.07) is 5.69. The molecule has 2 aromatic rings. The zero-order chi connectivity index (χ0) is 14.6. The smallest absolute Gasteiger partial charge is 0.277 e. The highest BCUT2D eigenvalue weighted by atomic mass is 35.5. The molecule has 1 amide bonds. The highest BCUT2D eigenvalue weighted by Gasteiger charge is 2.35. The summed E-state index contributed by atoms with van der Waals surface area (Å²) in [6.45, 7) is 0. The number of H-pyrrole nitrogens is 1. The van der Waals surface area contributed by atoms with Crippen molar-refractivity contribution >= 4 is 40.8 Å². The van der Waals surface area contributed by atoms with E-state index in [4.69, 9.17) is 17.3 Å². The molecule has 2 aliphatic rings. The van der Waals surface area contributed by atoms with Crippen molar-refractivity contribution in [2.75, 3.05) is 11.5 Å². The zero-order valence-corrected chi connectivity index (χ0v) is 12.3. The summed E-state index contributed by atoms with van der Waals surface area (Å²) >= 11 is 7.79. The fraction of sp³-hybridized carbons (Fsp3) is 0.154. The Labute approximate surface area is 129 Å². The molecule has 1 atom stereocenters. The van der Waals surface area contributed by atoms with Gasteiger partial charge in [-0.25, -0.2) is 5.43 Å². The Morgan fingerprint density at radius 2 is 2.29 bits per heavy atom. The number of carbonyl (C=O) groups is 1. The van der Waals surface area contributed by atoms with E-state index in [9.17, 15) is 4.79 Å². The quantitative estimate of drug-likeness (QED) is 0.691. The SMILES string of the molecule is Nc1n[nH]c2c1C(=O)NN=C1c3cc(Cl)ccc3SCC12. The van der Waals surface area contributed by atoms with Crippen LogP contribution in [0.5, 0.6) is 0 Å². The molecule has 21 heavy (non-hydrogen) atoms. The molecule has 1 aromatic heterocycles. The Kier molecular flexibility index (Phi) is 2.73. The van der Waals surface area contributed by atoms with E-state index in [2.05, 4.69) is 20.7 Å². The lowest BCUT2D eigenvalue weighted by molar-refractivity contribution is 0.0956. The summed E-state index contributed by atoms with van der Waals surface area (Å²) in [5, 5.41) is 11.7. The van der Waals surface area contributed by atoms with Crippen LogP contribution in [0.4, 0.5) is 5.82 Å². The van der Waals surface area contributed by atoms with Crippen LogP contribution in [0.25, 0.3) is 0 Å². The topological polar surface area (TPSA) is 96.2 Å². The molecule has 4 N–H and O–H groups in total. The Bertz CT molecular complexity index is 800. The number of anilines is 1. The third-order valence-electron chi connectivity index (χ3n) is 3.63. The van der Waals surface area contributed by atoms with E-state index in [1.54, 1.807) is 11.8 Å². The summed E-state index contributed by atoms with van der Waals surface area (Å²) in [5.74, 6) is 0.545. The van der Waals surface area contributed by atoms with E-state index in [1.807, 2.05) is 18.2 Å². The van der Waals surface area contributed by atoms with Crippen LogP contribution in [0.2, 0.25) is 5.02 Å². The number of hydrogen-bond acceptors (Lipinski definition) is 5. The number of hydrogen-bond donors (Lipinski definition) is 3. The predicted molar refractivity (Wildman–Crippen MR) is 81.9 cm³/mol. The molecule has 2 aliphatic heterocycles. The molecular formula is C13H10ClN5OS. The first-order valence-corrected chi connectivity index (χ1v) is 7.66. The first kappa shape index (κ1) is 12.7. The van der Waals surface area contributed by atoms with Gasteiger partial charge in [0, 0.05) is 21.2 Å². The number of aromatic nitrogens is 2. The minimum absolute atomic E-state index is 0.0697.